The Kier molecular flexibility index (Phi) is 3.97. The molecular formula is C7H14ClNO3S. The number of sulfonamides is 1. The Labute approximate surface area is 83.3 Å². The molecule has 0 saturated heterocycles. The van der Waals surface area contributed by atoms with Gasteiger partial charge in [-0.3, -0.25) is 0 Å². The Morgan fingerprint density at radius 2 is 2.15 bits per heavy atom. The predicted molar refractivity (Wildman–Crippen MR) is 51.0 cm³/mol. The Bertz CT molecular complexity index is 254. The van der Waals surface area contributed by atoms with Crippen molar-refractivity contribution in [1.82, 2.24) is 4.72 Å². The Morgan fingerprint density at radius 3 is 2.62 bits per heavy atom. The van der Waals surface area contributed by atoms with Crippen molar-refractivity contribution >= 4 is 21.6 Å². The molecule has 0 amide bonds. The lowest BCUT2D eigenvalue weighted by atomic mass is 10.1. The average molecular weight is 228 g/mol. The van der Waals surface area contributed by atoms with Crippen LogP contribution in [0.4, 0.5) is 0 Å². The van der Waals surface area contributed by atoms with Crippen molar-refractivity contribution in [1.29, 1.82) is 0 Å². The molecular weight excluding hydrogens is 214 g/mol. The summed E-state index contributed by atoms with van der Waals surface area (Å²) in [6.45, 7) is 0.302. The molecule has 1 aliphatic carbocycles. The fourth-order valence-corrected chi connectivity index (χ4v) is 2.30. The van der Waals surface area contributed by atoms with E-state index in [-0.39, 0.29) is 12.0 Å². The van der Waals surface area contributed by atoms with Crippen LogP contribution in [0.2, 0.25) is 0 Å². The molecule has 0 aromatic rings. The highest BCUT2D eigenvalue weighted by Gasteiger charge is 2.26. The minimum atomic E-state index is -3.33. The van der Waals surface area contributed by atoms with Gasteiger partial charge in [-0.25, -0.2) is 13.1 Å². The van der Waals surface area contributed by atoms with Gasteiger partial charge in [0.2, 0.25) is 10.0 Å². The van der Waals surface area contributed by atoms with E-state index < -0.39 is 15.2 Å². The SMILES string of the molecule is O=S(=O)(CCl)NCC1CCCC1O. The number of aliphatic hydroxyl groups is 1. The molecule has 2 atom stereocenters. The maximum Gasteiger partial charge on any atom is 0.225 e. The minimum absolute atomic E-state index is 0.0537. The van der Waals surface area contributed by atoms with Crippen LogP contribution in [0, 0.1) is 5.92 Å². The molecule has 1 saturated carbocycles. The van der Waals surface area contributed by atoms with Crippen molar-refractivity contribution in [3.05, 3.63) is 0 Å². The zero-order valence-electron chi connectivity index (χ0n) is 7.24. The number of rotatable bonds is 4. The van der Waals surface area contributed by atoms with E-state index in [0.717, 1.165) is 19.3 Å². The lowest BCUT2D eigenvalue weighted by molar-refractivity contribution is 0.134. The van der Waals surface area contributed by atoms with E-state index in [9.17, 15) is 13.5 Å². The van der Waals surface area contributed by atoms with Crippen LogP contribution in [0.15, 0.2) is 0 Å². The third kappa shape index (κ3) is 3.42. The molecule has 0 heterocycles. The van der Waals surface area contributed by atoms with Crippen LogP contribution in [-0.4, -0.2) is 31.4 Å². The van der Waals surface area contributed by atoms with E-state index in [4.69, 9.17) is 11.6 Å². The second-order valence-electron chi connectivity index (χ2n) is 3.33. The van der Waals surface area contributed by atoms with Crippen molar-refractivity contribution in [3.63, 3.8) is 0 Å². The van der Waals surface area contributed by atoms with Gasteiger partial charge < -0.3 is 5.11 Å². The molecule has 0 bridgehead atoms. The second-order valence-corrected chi connectivity index (χ2v) is 5.72. The van der Waals surface area contributed by atoms with Gasteiger partial charge >= 0.3 is 0 Å². The first kappa shape index (κ1) is 11.2. The summed E-state index contributed by atoms with van der Waals surface area (Å²) in [6.07, 6.45) is 2.26. The molecule has 0 aromatic carbocycles. The normalized spacial score (nSPS) is 29.4. The van der Waals surface area contributed by atoms with Crippen molar-refractivity contribution in [2.75, 3.05) is 11.8 Å². The van der Waals surface area contributed by atoms with E-state index in [2.05, 4.69) is 4.72 Å². The first-order valence-electron chi connectivity index (χ1n) is 4.26. The molecule has 2 unspecified atom stereocenters. The maximum atomic E-state index is 10.9. The summed E-state index contributed by atoms with van der Waals surface area (Å²) in [5.74, 6) is 0.0537. The number of nitrogens with one attached hydrogen (secondary N) is 1. The zero-order chi connectivity index (χ0) is 9.90. The summed E-state index contributed by atoms with van der Waals surface area (Å²) < 4.78 is 24.2. The summed E-state index contributed by atoms with van der Waals surface area (Å²) >= 11 is 5.20. The lowest BCUT2D eigenvalue weighted by Gasteiger charge is -2.14. The van der Waals surface area contributed by atoms with Crippen LogP contribution in [0.3, 0.4) is 0 Å². The van der Waals surface area contributed by atoms with Crippen molar-refractivity contribution in [2.24, 2.45) is 5.92 Å². The number of aliphatic hydroxyl groups excluding tert-OH is 1. The summed E-state index contributed by atoms with van der Waals surface area (Å²) in [6, 6.07) is 0. The van der Waals surface area contributed by atoms with Gasteiger partial charge in [-0.15, -0.1) is 11.6 Å². The molecule has 78 valence electrons. The molecule has 4 nitrogen and oxygen atoms in total. The first-order valence-corrected chi connectivity index (χ1v) is 6.45. The third-order valence-corrected chi connectivity index (χ3v) is 4.08. The Morgan fingerprint density at radius 1 is 1.46 bits per heavy atom. The molecule has 0 spiro atoms. The second kappa shape index (κ2) is 4.59. The summed E-state index contributed by atoms with van der Waals surface area (Å²) in [5, 5.41) is 8.97. The van der Waals surface area contributed by atoms with Gasteiger partial charge in [0.1, 0.15) is 5.21 Å². The topological polar surface area (TPSA) is 66.4 Å². The Balaban J connectivity index is 2.34. The van der Waals surface area contributed by atoms with E-state index in [0.29, 0.717) is 6.54 Å². The Hall–Kier alpha value is 0.160. The van der Waals surface area contributed by atoms with Crippen LogP contribution in [0.1, 0.15) is 19.3 Å². The number of alkyl halides is 1. The summed E-state index contributed by atoms with van der Waals surface area (Å²) in [5.41, 5.74) is 0. The zero-order valence-corrected chi connectivity index (χ0v) is 8.81. The summed E-state index contributed by atoms with van der Waals surface area (Å²) in [4.78, 5) is 0. The lowest BCUT2D eigenvalue weighted by Crippen LogP contribution is -2.32. The van der Waals surface area contributed by atoms with Crippen LogP contribution in [0.25, 0.3) is 0 Å². The highest BCUT2D eigenvalue weighted by molar-refractivity contribution is 7.90. The molecule has 1 fully saturated rings. The van der Waals surface area contributed by atoms with Gasteiger partial charge in [0.25, 0.3) is 0 Å². The smallest absolute Gasteiger partial charge is 0.225 e. The molecule has 13 heavy (non-hydrogen) atoms. The van der Waals surface area contributed by atoms with Gasteiger partial charge in [-0.1, -0.05) is 6.42 Å². The molecule has 2 N–H and O–H groups in total. The van der Waals surface area contributed by atoms with Crippen LogP contribution in [0.5, 0.6) is 0 Å². The number of halogens is 1. The highest BCUT2D eigenvalue weighted by Crippen LogP contribution is 2.24. The minimum Gasteiger partial charge on any atom is -0.393 e. The van der Waals surface area contributed by atoms with Gasteiger partial charge in [0.15, 0.2) is 0 Å². The first-order chi connectivity index (χ1) is 6.05. The van der Waals surface area contributed by atoms with Crippen molar-refractivity contribution < 1.29 is 13.5 Å². The average Bonchev–Trinajstić information content (AvgIpc) is 2.48. The van der Waals surface area contributed by atoms with E-state index >= 15 is 0 Å². The number of hydrogen-bond acceptors (Lipinski definition) is 3. The molecule has 0 aliphatic heterocycles. The largest absolute Gasteiger partial charge is 0.393 e. The molecule has 1 rings (SSSR count). The van der Waals surface area contributed by atoms with E-state index in [1.54, 1.807) is 0 Å². The van der Waals surface area contributed by atoms with Crippen LogP contribution < -0.4 is 4.72 Å². The number of hydrogen-bond donors (Lipinski definition) is 2. The van der Waals surface area contributed by atoms with Crippen LogP contribution >= 0.6 is 11.6 Å². The summed E-state index contributed by atoms with van der Waals surface area (Å²) in [7, 11) is -3.33. The van der Waals surface area contributed by atoms with Crippen molar-refractivity contribution in [2.45, 2.75) is 25.4 Å². The molecule has 0 radical (unpaired) electrons. The van der Waals surface area contributed by atoms with Crippen molar-refractivity contribution in [3.8, 4) is 0 Å². The van der Waals surface area contributed by atoms with Gasteiger partial charge in [0.05, 0.1) is 6.10 Å². The molecule has 1 aliphatic rings. The molecule has 6 heteroatoms. The quantitative estimate of drug-likeness (QED) is 0.678. The predicted octanol–water partition coefficient (Wildman–Crippen LogP) is 0.263. The van der Waals surface area contributed by atoms with Crippen LogP contribution in [-0.2, 0) is 10.0 Å². The highest BCUT2D eigenvalue weighted by atomic mass is 35.5. The standard InChI is InChI=1S/C7H14ClNO3S/c8-5-13(11,12)9-4-6-2-1-3-7(6)10/h6-7,9-10H,1-5H2. The van der Waals surface area contributed by atoms with E-state index in [1.807, 2.05) is 0 Å². The van der Waals surface area contributed by atoms with Gasteiger partial charge in [-0.2, -0.15) is 0 Å². The monoisotopic (exact) mass is 227 g/mol. The fourth-order valence-electron chi connectivity index (χ4n) is 1.53. The van der Waals surface area contributed by atoms with Gasteiger partial charge in [-0.05, 0) is 18.8 Å². The fraction of sp³-hybridized carbons (Fsp3) is 1.00. The molecule has 0 aromatic heterocycles. The third-order valence-electron chi connectivity index (χ3n) is 2.33. The van der Waals surface area contributed by atoms with E-state index in [1.165, 1.54) is 0 Å². The van der Waals surface area contributed by atoms with Gasteiger partial charge in [0, 0.05) is 6.54 Å². The maximum absolute atomic E-state index is 10.9.